The summed E-state index contributed by atoms with van der Waals surface area (Å²) in [5, 5.41) is 0. The van der Waals surface area contributed by atoms with E-state index in [4.69, 9.17) is 9.47 Å². The number of rotatable bonds is 3. The van der Waals surface area contributed by atoms with Gasteiger partial charge in [-0.1, -0.05) is 0 Å². The number of likely N-dealkylation sites (tertiary alicyclic amines) is 1. The summed E-state index contributed by atoms with van der Waals surface area (Å²) in [5.74, 6) is 0.681. The highest BCUT2D eigenvalue weighted by molar-refractivity contribution is 4.78. The first-order valence-electron chi connectivity index (χ1n) is 4.22. The average Bonchev–Trinajstić information content (AvgIpc) is 1.80. The monoisotopic (exact) mass is 157 g/mol. The van der Waals surface area contributed by atoms with Gasteiger partial charge in [0.2, 0.25) is 0 Å². The quantitative estimate of drug-likeness (QED) is 0.574. The minimum Gasteiger partial charge on any atom is -0.381 e. The molecule has 0 atom stereocenters. The molecule has 0 unspecified atom stereocenters. The first-order valence-corrected chi connectivity index (χ1v) is 4.22. The van der Waals surface area contributed by atoms with Gasteiger partial charge < -0.3 is 14.4 Å². The number of hydrogen-bond acceptors (Lipinski definition) is 3. The maximum atomic E-state index is 5.63. The second kappa shape index (κ2) is 3.09. The van der Waals surface area contributed by atoms with Gasteiger partial charge in [0.1, 0.15) is 0 Å². The summed E-state index contributed by atoms with van der Waals surface area (Å²) >= 11 is 0. The third kappa shape index (κ3) is 1.72. The van der Waals surface area contributed by atoms with Crippen molar-refractivity contribution in [3.8, 4) is 0 Å². The molecule has 0 spiro atoms. The molecule has 3 nitrogen and oxygen atoms in total. The molecule has 0 aromatic carbocycles. The number of likely N-dealkylation sites (N-methyl/N-ethyl adjacent to an activating group) is 1. The first kappa shape index (κ1) is 7.53. The van der Waals surface area contributed by atoms with Crippen molar-refractivity contribution in [2.45, 2.75) is 6.10 Å². The number of hydrogen-bond donors (Lipinski definition) is 0. The van der Waals surface area contributed by atoms with Crippen molar-refractivity contribution in [3.63, 3.8) is 0 Å². The van der Waals surface area contributed by atoms with Gasteiger partial charge in [-0.2, -0.15) is 0 Å². The van der Waals surface area contributed by atoms with Gasteiger partial charge in [-0.05, 0) is 7.05 Å². The van der Waals surface area contributed by atoms with E-state index in [1.54, 1.807) is 0 Å². The summed E-state index contributed by atoms with van der Waals surface area (Å²) in [6.45, 7) is 4.92. The normalized spacial score (nSPS) is 28.1. The molecule has 2 aliphatic heterocycles. The number of nitrogens with zero attached hydrogens (tertiary/aromatic N) is 1. The zero-order chi connectivity index (χ0) is 7.68. The Labute approximate surface area is 67.3 Å². The lowest BCUT2D eigenvalue weighted by molar-refractivity contribution is -0.113. The van der Waals surface area contributed by atoms with Crippen molar-refractivity contribution in [2.24, 2.45) is 5.92 Å². The molecule has 64 valence electrons. The third-order valence-corrected chi connectivity index (χ3v) is 2.31. The van der Waals surface area contributed by atoms with Crippen LogP contribution in [0.15, 0.2) is 0 Å². The van der Waals surface area contributed by atoms with Crippen LogP contribution in [0.2, 0.25) is 0 Å². The third-order valence-electron chi connectivity index (χ3n) is 2.31. The van der Waals surface area contributed by atoms with Crippen molar-refractivity contribution in [1.29, 1.82) is 0 Å². The summed E-state index contributed by atoms with van der Waals surface area (Å²) in [7, 11) is 2.12. The van der Waals surface area contributed by atoms with Gasteiger partial charge in [0.15, 0.2) is 0 Å². The molecule has 2 aliphatic rings. The molecule has 0 radical (unpaired) electrons. The minimum atomic E-state index is 0.501. The minimum absolute atomic E-state index is 0.501. The molecule has 0 aromatic heterocycles. The van der Waals surface area contributed by atoms with Crippen LogP contribution in [0.3, 0.4) is 0 Å². The van der Waals surface area contributed by atoms with Crippen molar-refractivity contribution in [2.75, 3.05) is 40.0 Å². The second-order valence-electron chi connectivity index (χ2n) is 3.58. The molecule has 2 rings (SSSR count). The predicted octanol–water partition coefficient (Wildman–Crippen LogP) is -0.0366. The Balaban J connectivity index is 1.53. The Morgan fingerprint density at radius 3 is 2.64 bits per heavy atom. The van der Waals surface area contributed by atoms with Crippen LogP contribution >= 0.6 is 0 Å². The molecule has 3 heteroatoms. The van der Waals surface area contributed by atoms with Crippen LogP contribution in [0.25, 0.3) is 0 Å². The molecule has 0 bridgehead atoms. The predicted molar refractivity (Wildman–Crippen MR) is 41.5 cm³/mol. The Hall–Kier alpha value is -0.120. The van der Waals surface area contributed by atoms with Crippen molar-refractivity contribution in [3.05, 3.63) is 0 Å². The summed E-state index contributed by atoms with van der Waals surface area (Å²) < 4.78 is 10.7. The molecular weight excluding hydrogens is 142 g/mol. The summed E-state index contributed by atoms with van der Waals surface area (Å²) in [5.41, 5.74) is 0. The van der Waals surface area contributed by atoms with Gasteiger partial charge in [-0.25, -0.2) is 0 Å². The maximum absolute atomic E-state index is 5.63. The smallest absolute Gasteiger partial charge is 0.0828 e. The van der Waals surface area contributed by atoms with Crippen molar-refractivity contribution >= 4 is 0 Å². The Bertz CT molecular complexity index is 130. The van der Waals surface area contributed by atoms with Crippen molar-refractivity contribution < 1.29 is 9.47 Å². The molecular formula is C8H15NO2. The molecule has 2 saturated heterocycles. The largest absolute Gasteiger partial charge is 0.381 e. The van der Waals surface area contributed by atoms with Gasteiger partial charge >= 0.3 is 0 Å². The van der Waals surface area contributed by atoms with E-state index < -0.39 is 0 Å². The van der Waals surface area contributed by atoms with E-state index in [2.05, 4.69) is 11.9 Å². The summed E-state index contributed by atoms with van der Waals surface area (Å²) in [6, 6.07) is 0. The van der Waals surface area contributed by atoms with E-state index in [1.807, 2.05) is 0 Å². The van der Waals surface area contributed by atoms with E-state index in [-0.39, 0.29) is 0 Å². The van der Waals surface area contributed by atoms with E-state index in [1.165, 1.54) is 0 Å². The lowest BCUT2D eigenvalue weighted by atomic mass is 10.1. The Morgan fingerprint density at radius 2 is 2.18 bits per heavy atom. The van der Waals surface area contributed by atoms with Crippen LogP contribution in [-0.4, -0.2) is 51.0 Å². The van der Waals surface area contributed by atoms with Gasteiger partial charge in [0.05, 0.1) is 25.9 Å². The zero-order valence-electron chi connectivity index (χ0n) is 6.95. The molecule has 0 N–H and O–H groups in total. The lowest BCUT2D eigenvalue weighted by Crippen LogP contribution is -2.50. The Morgan fingerprint density at radius 1 is 1.45 bits per heavy atom. The van der Waals surface area contributed by atoms with Gasteiger partial charge in [-0.15, -0.1) is 0 Å². The fourth-order valence-corrected chi connectivity index (χ4v) is 1.40. The SMILES string of the molecule is CN1CC(OCC2COC2)C1. The van der Waals surface area contributed by atoms with Crippen molar-refractivity contribution in [1.82, 2.24) is 4.90 Å². The molecule has 2 fully saturated rings. The molecule has 11 heavy (non-hydrogen) atoms. The highest BCUT2D eigenvalue weighted by Gasteiger charge is 2.26. The van der Waals surface area contributed by atoms with E-state index in [0.29, 0.717) is 12.0 Å². The van der Waals surface area contributed by atoms with Crippen LogP contribution in [0.5, 0.6) is 0 Å². The average molecular weight is 157 g/mol. The summed E-state index contributed by atoms with van der Waals surface area (Å²) in [6.07, 6.45) is 0.501. The Kier molecular flexibility index (Phi) is 2.11. The number of ether oxygens (including phenoxy) is 2. The van der Waals surface area contributed by atoms with Crippen LogP contribution in [-0.2, 0) is 9.47 Å². The van der Waals surface area contributed by atoms with Gasteiger partial charge in [0, 0.05) is 19.0 Å². The molecule has 2 heterocycles. The standard InChI is InChI=1S/C8H15NO2/c1-9-2-8(3-9)11-6-7-4-10-5-7/h7-8H,2-6H2,1H3. The molecule has 0 amide bonds. The molecule has 0 saturated carbocycles. The van der Waals surface area contributed by atoms with Crippen LogP contribution in [0, 0.1) is 5.92 Å². The van der Waals surface area contributed by atoms with E-state index >= 15 is 0 Å². The summed E-state index contributed by atoms with van der Waals surface area (Å²) in [4.78, 5) is 2.27. The van der Waals surface area contributed by atoms with Crippen LogP contribution in [0.1, 0.15) is 0 Å². The van der Waals surface area contributed by atoms with Gasteiger partial charge in [0.25, 0.3) is 0 Å². The fourth-order valence-electron chi connectivity index (χ4n) is 1.40. The molecule has 0 aromatic rings. The van der Waals surface area contributed by atoms with Crippen LogP contribution in [0.4, 0.5) is 0 Å². The first-order chi connectivity index (χ1) is 5.34. The zero-order valence-corrected chi connectivity index (χ0v) is 6.95. The topological polar surface area (TPSA) is 21.7 Å². The lowest BCUT2D eigenvalue weighted by Gasteiger charge is -2.37. The van der Waals surface area contributed by atoms with Crippen LogP contribution < -0.4 is 0 Å². The highest BCUT2D eigenvalue weighted by Crippen LogP contribution is 2.14. The van der Waals surface area contributed by atoms with E-state index in [9.17, 15) is 0 Å². The van der Waals surface area contributed by atoms with Gasteiger partial charge in [-0.3, -0.25) is 0 Å². The van der Waals surface area contributed by atoms with E-state index in [0.717, 1.165) is 32.9 Å². The highest BCUT2D eigenvalue weighted by atomic mass is 16.5. The fraction of sp³-hybridized carbons (Fsp3) is 1.00. The maximum Gasteiger partial charge on any atom is 0.0828 e. The second-order valence-corrected chi connectivity index (χ2v) is 3.58. The molecule has 0 aliphatic carbocycles.